The summed E-state index contributed by atoms with van der Waals surface area (Å²) in [6.07, 6.45) is 0.839. The maximum absolute atomic E-state index is 12.0. The molecule has 0 fully saturated rings. The lowest BCUT2D eigenvalue weighted by atomic mass is 10.3. The van der Waals surface area contributed by atoms with Gasteiger partial charge in [-0.25, -0.2) is 0 Å². The molecule has 0 saturated heterocycles. The lowest BCUT2D eigenvalue weighted by Crippen LogP contribution is -2.34. The van der Waals surface area contributed by atoms with Crippen molar-refractivity contribution in [2.45, 2.75) is 26.8 Å². The van der Waals surface area contributed by atoms with Crippen molar-refractivity contribution in [3.8, 4) is 0 Å². The number of nitrogens with zero attached hydrogens (tertiary/aromatic N) is 2. The lowest BCUT2D eigenvalue weighted by Gasteiger charge is -2.07. The number of aromatic nitrogens is 2. The van der Waals surface area contributed by atoms with E-state index < -0.39 is 0 Å². The van der Waals surface area contributed by atoms with E-state index in [0.717, 1.165) is 25.2 Å². The first-order valence-corrected chi connectivity index (χ1v) is 6.77. The SMILES string of the molecule is CCc1cc(C(=O)NCCNCCOC)n(CC)n1. The van der Waals surface area contributed by atoms with Gasteiger partial charge in [-0.2, -0.15) is 5.10 Å². The Labute approximate surface area is 114 Å². The summed E-state index contributed by atoms with van der Waals surface area (Å²) in [5.41, 5.74) is 1.58. The third kappa shape index (κ3) is 5.00. The number of hydrogen-bond acceptors (Lipinski definition) is 4. The largest absolute Gasteiger partial charge is 0.383 e. The molecule has 0 atom stereocenters. The summed E-state index contributed by atoms with van der Waals surface area (Å²) in [4.78, 5) is 12.0. The van der Waals surface area contributed by atoms with E-state index in [1.54, 1.807) is 11.8 Å². The zero-order valence-corrected chi connectivity index (χ0v) is 12.0. The van der Waals surface area contributed by atoms with Crippen molar-refractivity contribution in [1.82, 2.24) is 20.4 Å². The fourth-order valence-corrected chi connectivity index (χ4v) is 1.72. The van der Waals surface area contributed by atoms with Crippen LogP contribution in [0.15, 0.2) is 6.07 Å². The van der Waals surface area contributed by atoms with Crippen LogP contribution in [-0.2, 0) is 17.7 Å². The molecular formula is C13H24N4O2. The molecule has 0 radical (unpaired) electrons. The van der Waals surface area contributed by atoms with E-state index in [0.29, 0.717) is 25.4 Å². The number of methoxy groups -OCH3 is 1. The number of nitrogens with one attached hydrogen (secondary N) is 2. The van der Waals surface area contributed by atoms with Crippen molar-refractivity contribution in [2.24, 2.45) is 0 Å². The Hall–Kier alpha value is -1.40. The van der Waals surface area contributed by atoms with Crippen LogP contribution >= 0.6 is 0 Å². The van der Waals surface area contributed by atoms with Gasteiger partial charge in [0.2, 0.25) is 0 Å². The molecule has 1 aromatic heterocycles. The molecule has 0 aliphatic heterocycles. The number of carbonyl (C=O) groups excluding carboxylic acids is 1. The highest BCUT2D eigenvalue weighted by atomic mass is 16.5. The fraction of sp³-hybridized carbons (Fsp3) is 0.692. The van der Waals surface area contributed by atoms with Gasteiger partial charge < -0.3 is 15.4 Å². The van der Waals surface area contributed by atoms with Crippen LogP contribution in [0.2, 0.25) is 0 Å². The van der Waals surface area contributed by atoms with Crippen LogP contribution in [0.4, 0.5) is 0 Å². The number of aryl methyl sites for hydroxylation is 2. The Morgan fingerprint density at radius 3 is 2.79 bits per heavy atom. The minimum atomic E-state index is -0.0670. The van der Waals surface area contributed by atoms with Gasteiger partial charge in [0.15, 0.2) is 0 Å². The monoisotopic (exact) mass is 268 g/mol. The number of amides is 1. The zero-order valence-electron chi connectivity index (χ0n) is 12.0. The van der Waals surface area contributed by atoms with Crippen LogP contribution in [0.3, 0.4) is 0 Å². The molecule has 0 aliphatic carbocycles. The van der Waals surface area contributed by atoms with Crippen molar-refractivity contribution in [1.29, 1.82) is 0 Å². The molecule has 0 bridgehead atoms. The van der Waals surface area contributed by atoms with Crippen LogP contribution < -0.4 is 10.6 Å². The second-order valence-electron chi connectivity index (χ2n) is 4.19. The standard InChI is InChI=1S/C13H24N4O2/c1-4-11-10-12(17(5-2)16-11)13(18)15-7-6-14-8-9-19-3/h10,14H,4-9H2,1-3H3,(H,15,18). The number of ether oxygens (including phenoxy) is 1. The van der Waals surface area contributed by atoms with Crippen molar-refractivity contribution in [3.63, 3.8) is 0 Å². The van der Waals surface area contributed by atoms with Crippen LogP contribution in [0, 0.1) is 0 Å². The Morgan fingerprint density at radius 1 is 1.37 bits per heavy atom. The molecule has 6 nitrogen and oxygen atoms in total. The average molecular weight is 268 g/mol. The van der Waals surface area contributed by atoms with Crippen molar-refractivity contribution < 1.29 is 9.53 Å². The van der Waals surface area contributed by atoms with E-state index in [1.165, 1.54) is 0 Å². The molecule has 108 valence electrons. The van der Waals surface area contributed by atoms with Gasteiger partial charge in [-0.1, -0.05) is 6.92 Å². The number of hydrogen-bond donors (Lipinski definition) is 2. The molecular weight excluding hydrogens is 244 g/mol. The van der Waals surface area contributed by atoms with E-state index in [9.17, 15) is 4.79 Å². The summed E-state index contributed by atoms with van der Waals surface area (Å²) < 4.78 is 6.67. The minimum absolute atomic E-state index is 0.0670. The smallest absolute Gasteiger partial charge is 0.269 e. The highest BCUT2D eigenvalue weighted by molar-refractivity contribution is 5.92. The van der Waals surface area contributed by atoms with E-state index >= 15 is 0 Å². The zero-order chi connectivity index (χ0) is 14.1. The van der Waals surface area contributed by atoms with E-state index in [1.807, 2.05) is 19.9 Å². The summed E-state index contributed by atoms with van der Waals surface area (Å²) in [6, 6.07) is 1.86. The van der Waals surface area contributed by atoms with Crippen molar-refractivity contribution in [2.75, 3.05) is 33.4 Å². The van der Waals surface area contributed by atoms with E-state index in [2.05, 4.69) is 15.7 Å². The first-order valence-electron chi connectivity index (χ1n) is 6.77. The Bertz CT molecular complexity index is 390. The molecule has 2 N–H and O–H groups in total. The highest BCUT2D eigenvalue weighted by Crippen LogP contribution is 2.05. The molecule has 0 aliphatic rings. The van der Waals surface area contributed by atoms with Gasteiger partial charge in [0.1, 0.15) is 5.69 Å². The third-order valence-corrected chi connectivity index (χ3v) is 2.80. The van der Waals surface area contributed by atoms with E-state index in [-0.39, 0.29) is 5.91 Å². The van der Waals surface area contributed by atoms with Gasteiger partial charge >= 0.3 is 0 Å². The Kier molecular flexibility index (Phi) is 7.14. The highest BCUT2D eigenvalue weighted by Gasteiger charge is 2.12. The van der Waals surface area contributed by atoms with Gasteiger partial charge in [0.05, 0.1) is 12.3 Å². The molecule has 1 rings (SSSR count). The maximum atomic E-state index is 12.0. The molecule has 0 aromatic carbocycles. The topological polar surface area (TPSA) is 68.2 Å². The van der Waals surface area contributed by atoms with Crippen molar-refractivity contribution >= 4 is 5.91 Å². The van der Waals surface area contributed by atoms with Gasteiger partial charge in [0, 0.05) is 33.3 Å². The van der Waals surface area contributed by atoms with E-state index in [4.69, 9.17) is 4.74 Å². The molecule has 0 unspecified atom stereocenters. The van der Waals surface area contributed by atoms with Crippen molar-refractivity contribution in [3.05, 3.63) is 17.5 Å². The second kappa shape index (κ2) is 8.66. The Morgan fingerprint density at radius 2 is 2.16 bits per heavy atom. The molecule has 1 aromatic rings. The predicted molar refractivity (Wildman–Crippen MR) is 74.4 cm³/mol. The average Bonchev–Trinajstić information content (AvgIpc) is 2.86. The van der Waals surface area contributed by atoms with Gasteiger partial charge in [-0.15, -0.1) is 0 Å². The quantitative estimate of drug-likeness (QED) is 0.637. The normalized spacial score (nSPS) is 10.7. The molecule has 0 saturated carbocycles. The summed E-state index contributed by atoms with van der Waals surface area (Å²) in [5, 5.41) is 10.4. The van der Waals surface area contributed by atoms with Crippen LogP contribution in [0.25, 0.3) is 0 Å². The van der Waals surface area contributed by atoms with Gasteiger partial charge in [-0.05, 0) is 19.4 Å². The second-order valence-corrected chi connectivity index (χ2v) is 4.19. The van der Waals surface area contributed by atoms with Crippen LogP contribution in [-0.4, -0.2) is 49.0 Å². The summed E-state index contributed by atoms with van der Waals surface area (Å²) in [7, 11) is 1.67. The van der Waals surface area contributed by atoms with Gasteiger partial charge in [0.25, 0.3) is 5.91 Å². The molecule has 6 heteroatoms. The molecule has 19 heavy (non-hydrogen) atoms. The summed E-state index contributed by atoms with van der Waals surface area (Å²) in [5.74, 6) is -0.0670. The fourth-order valence-electron chi connectivity index (χ4n) is 1.72. The number of rotatable bonds is 9. The molecule has 1 amide bonds. The summed E-state index contributed by atoms with van der Waals surface area (Å²) in [6.45, 7) is 7.51. The summed E-state index contributed by atoms with van der Waals surface area (Å²) >= 11 is 0. The first-order chi connectivity index (χ1) is 9.22. The predicted octanol–water partition coefficient (Wildman–Crippen LogP) is 0.431. The van der Waals surface area contributed by atoms with Crippen LogP contribution in [0.1, 0.15) is 30.0 Å². The third-order valence-electron chi connectivity index (χ3n) is 2.80. The maximum Gasteiger partial charge on any atom is 0.269 e. The van der Waals surface area contributed by atoms with Crippen LogP contribution in [0.5, 0.6) is 0 Å². The first kappa shape index (κ1) is 15.7. The minimum Gasteiger partial charge on any atom is -0.383 e. The molecule has 0 spiro atoms. The molecule has 1 heterocycles. The van der Waals surface area contributed by atoms with Gasteiger partial charge in [-0.3, -0.25) is 9.48 Å². The lowest BCUT2D eigenvalue weighted by molar-refractivity contribution is 0.0943. The number of carbonyl (C=O) groups is 1. The Balaban J connectivity index is 2.38.